The summed E-state index contributed by atoms with van der Waals surface area (Å²) in [6, 6.07) is 11.9. The third kappa shape index (κ3) is 2.30. The summed E-state index contributed by atoms with van der Waals surface area (Å²) in [4.78, 5) is 1.49. The van der Waals surface area contributed by atoms with Gasteiger partial charge in [-0.25, -0.2) is 0 Å². The maximum Gasteiger partial charge on any atom is 0.0634 e. The lowest BCUT2D eigenvalue weighted by molar-refractivity contribution is 0.691. The molecule has 0 radical (unpaired) electrons. The molecule has 2 aliphatic carbocycles. The van der Waals surface area contributed by atoms with E-state index >= 15 is 0 Å². The van der Waals surface area contributed by atoms with Crippen LogP contribution in [0, 0.1) is 5.92 Å². The third-order valence-corrected chi connectivity index (χ3v) is 5.32. The molecule has 0 aliphatic heterocycles. The molecule has 0 amide bonds. The molecule has 1 aromatic carbocycles. The highest BCUT2D eigenvalue weighted by atomic mass is 32.1. The van der Waals surface area contributed by atoms with Crippen molar-refractivity contribution in [3.8, 4) is 0 Å². The Kier molecular flexibility index (Phi) is 2.84. The van der Waals surface area contributed by atoms with Crippen molar-refractivity contribution in [3.63, 3.8) is 0 Å². The summed E-state index contributed by atoms with van der Waals surface area (Å²) in [6.45, 7) is 0. The van der Waals surface area contributed by atoms with Crippen molar-refractivity contribution in [1.82, 2.24) is 0 Å². The molecule has 2 aliphatic rings. The largest absolute Gasteiger partial charge is 0.377 e. The van der Waals surface area contributed by atoms with Gasteiger partial charge in [-0.05, 0) is 72.7 Å². The van der Waals surface area contributed by atoms with Crippen molar-refractivity contribution in [3.05, 3.63) is 51.7 Å². The van der Waals surface area contributed by atoms with E-state index in [0.29, 0.717) is 6.04 Å². The van der Waals surface area contributed by atoms with Crippen molar-refractivity contribution in [1.29, 1.82) is 0 Å². The molecule has 1 saturated carbocycles. The van der Waals surface area contributed by atoms with Gasteiger partial charge in [0.05, 0.1) is 6.04 Å². The zero-order valence-electron chi connectivity index (χ0n) is 11.1. The van der Waals surface area contributed by atoms with Gasteiger partial charge in [-0.2, -0.15) is 0 Å². The number of fused-ring (bicyclic) bond motifs is 1. The van der Waals surface area contributed by atoms with E-state index in [1.54, 1.807) is 11.1 Å². The molecule has 1 aromatic heterocycles. The van der Waals surface area contributed by atoms with Crippen molar-refractivity contribution in [2.45, 2.75) is 38.1 Å². The van der Waals surface area contributed by atoms with Crippen LogP contribution in [0.1, 0.15) is 41.3 Å². The van der Waals surface area contributed by atoms with Gasteiger partial charge in [0.15, 0.2) is 0 Å². The van der Waals surface area contributed by atoms with E-state index in [0.717, 1.165) is 5.92 Å². The minimum atomic E-state index is 0.527. The molecule has 98 valence electrons. The van der Waals surface area contributed by atoms with E-state index in [1.807, 2.05) is 11.3 Å². The Balaban J connectivity index is 1.59. The predicted octanol–water partition coefficient (Wildman–Crippen LogP) is 4.80. The van der Waals surface area contributed by atoms with Crippen LogP contribution in [0.25, 0.3) is 0 Å². The number of thiophene rings is 1. The number of benzene rings is 1. The first-order valence-corrected chi connectivity index (χ1v) is 8.20. The van der Waals surface area contributed by atoms with E-state index in [-0.39, 0.29) is 0 Å². The average Bonchev–Trinajstić information content (AvgIpc) is 2.93. The van der Waals surface area contributed by atoms with Gasteiger partial charge in [0.25, 0.3) is 0 Å². The molecule has 2 heteroatoms. The number of aryl methyl sites for hydroxylation is 2. The van der Waals surface area contributed by atoms with Gasteiger partial charge in [0.2, 0.25) is 0 Å². The highest BCUT2D eigenvalue weighted by Crippen LogP contribution is 2.44. The summed E-state index contributed by atoms with van der Waals surface area (Å²) in [6.07, 6.45) is 6.61. The van der Waals surface area contributed by atoms with Crippen LogP contribution in [0.5, 0.6) is 0 Å². The zero-order valence-corrected chi connectivity index (χ0v) is 11.9. The zero-order chi connectivity index (χ0) is 12.7. The molecule has 1 heterocycles. The van der Waals surface area contributed by atoms with Gasteiger partial charge >= 0.3 is 0 Å². The minimum absolute atomic E-state index is 0.527. The highest BCUT2D eigenvalue weighted by Gasteiger charge is 2.33. The van der Waals surface area contributed by atoms with Gasteiger partial charge in [0.1, 0.15) is 0 Å². The van der Waals surface area contributed by atoms with Crippen LogP contribution in [0.15, 0.2) is 35.7 Å². The van der Waals surface area contributed by atoms with Crippen LogP contribution in [0.2, 0.25) is 0 Å². The Morgan fingerprint density at radius 2 is 2.00 bits per heavy atom. The normalized spacial score (nSPS) is 19.2. The summed E-state index contributed by atoms with van der Waals surface area (Å²) >= 11 is 1.88. The fourth-order valence-electron chi connectivity index (χ4n) is 3.16. The number of rotatable bonds is 4. The monoisotopic (exact) mass is 269 g/mol. The predicted molar refractivity (Wildman–Crippen MR) is 81.9 cm³/mol. The molecule has 1 nitrogen and oxygen atoms in total. The fraction of sp³-hybridized carbons (Fsp3) is 0.412. The first-order chi connectivity index (χ1) is 9.40. The summed E-state index contributed by atoms with van der Waals surface area (Å²) in [7, 11) is 0. The Bertz CT molecular complexity index is 569. The third-order valence-electron chi connectivity index (χ3n) is 4.36. The van der Waals surface area contributed by atoms with E-state index in [9.17, 15) is 0 Å². The number of nitrogens with one attached hydrogen (secondary N) is 1. The maximum atomic E-state index is 3.78. The lowest BCUT2D eigenvalue weighted by atomic mass is 10.1. The van der Waals surface area contributed by atoms with Gasteiger partial charge in [-0.15, -0.1) is 11.3 Å². The van der Waals surface area contributed by atoms with Crippen LogP contribution in [-0.4, -0.2) is 0 Å². The van der Waals surface area contributed by atoms with Crippen molar-refractivity contribution in [2.24, 2.45) is 5.92 Å². The Hall–Kier alpha value is -1.28. The average molecular weight is 269 g/mol. The van der Waals surface area contributed by atoms with Gasteiger partial charge in [0, 0.05) is 10.6 Å². The van der Waals surface area contributed by atoms with Crippen LogP contribution in [0.3, 0.4) is 0 Å². The Morgan fingerprint density at radius 1 is 1.11 bits per heavy atom. The summed E-state index contributed by atoms with van der Waals surface area (Å²) in [5.74, 6) is 0.840. The van der Waals surface area contributed by atoms with E-state index in [1.165, 1.54) is 42.7 Å². The van der Waals surface area contributed by atoms with Crippen molar-refractivity contribution >= 4 is 17.0 Å². The van der Waals surface area contributed by atoms with Gasteiger partial charge < -0.3 is 5.32 Å². The molecule has 4 rings (SSSR count). The van der Waals surface area contributed by atoms with E-state index in [2.05, 4.69) is 41.0 Å². The molecule has 0 saturated heterocycles. The summed E-state index contributed by atoms with van der Waals surface area (Å²) < 4.78 is 0. The quantitative estimate of drug-likeness (QED) is 0.840. The molecule has 2 aromatic rings. The lowest BCUT2D eigenvalue weighted by Gasteiger charge is -2.19. The van der Waals surface area contributed by atoms with Crippen LogP contribution >= 0.6 is 11.3 Å². The Labute approximate surface area is 118 Å². The molecule has 19 heavy (non-hydrogen) atoms. The summed E-state index contributed by atoms with van der Waals surface area (Å²) in [5.41, 5.74) is 4.43. The second kappa shape index (κ2) is 4.68. The lowest BCUT2D eigenvalue weighted by Crippen LogP contribution is -2.11. The van der Waals surface area contributed by atoms with Crippen LogP contribution < -0.4 is 5.32 Å². The second-order valence-electron chi connectivity index (χ2n) is 5.81. The Morgan fingerprint density at radius 3 is 2.79 bits per heavy atom. The van der Waals surface area contributed by atoms with E-state index < -0.39 is 0 Å². The van der Waals surface area contributed by atoms with Crippen LogP contribution in [0.4, 0.5) is 5.69 Å². The number of hydrogen-bond acceptors (Lipinski definition) is 2. The van der Waals surface area contributed by atoms with Gasteiger partial charge in [-0.1, -0.05) is 12.1 Å². The first-order valence-electron chi connectivity index (χ1n) is 7.32. The van der Waals surface area contributed by atoms with E-state index in [4.69, 9.17) is 0 Å². The number of hydrogen-bond donors (Lipinski definition) is 1. The topological polar surface area (TPSA) is 12.0 Å². The molecule has 0 spiro atoms. The SMILES string of the molecule is c1csc(C(Nc2ccc3c(c2)CCC3)C2CC2)c1. The highest BCUT2D eigenvalue weighted by molar-refractivity contribution is 7.10. The van der Waals surface area contributed by atoms with Crippen LogP contribution in [-0.2, 0) is 12.8 Å². The molecular weight excluding hydrogens is 250 g/mol. The molecule has 1 N–H and O–H groups in total. The minimum Gasteiger partial charge on any atom is -0.377 e. The fourth-order valence-corrected chi connectivity index (χ4v) is 4.03. The standard InChI is InChI=1S/C17H19NS/c1-3-12-8-9-15(11-14(12)4-1)18-17(13-6-7-13)16-5-2-10-19-16/h2,5,8-11,13,17-18H,1,3-4,6-7H2. The van der Waals surface area contributed by atoms with Crippen molar-refractivity contribution in [2.75, 3.05) is 5.32 Å². The molecule has 1 unspecified atom stereocenters. The van der Waals surface area contributed by atoms with Crippen molar-refractivity contribution < 1.29 is 0 Å². The maximum absolute atomic E-state index is 3.78. The molecule has 1 fully saturated rings. The summed E-state index contributed by atoms with van der Waals surface area (Å²) in [5, 5.41) is 5.97. The molecule has 1 atom stereocenters. The smallest absolute Gasteiger partial charge is 0.0634 e. The second-order valence-corrected chi connectivity index (χ2v) is 6.79. The van der Waals surface area contributed by atoms with Gasteiger partial charge in [-0.3, -0.25) is 0 Å². The molecular formula is C17H19NS. The first kappa shape index (κ1) is 11.5. The molecule has 0 bridgehead atoms. The number of anilines is 1.